The lowest BCUT2D eigenvalue weighted by Gasteiger charge is -2.64. The molecule has 3 fully saturated rings. The van der Waals surface area contributed by atoms with Gasteiger partial charge in [-0.1, -0.05) is 60.1 Å². The zero-order valence-corrected chi connectivity index (χ0v) is 28.3. The van der Waals surface area contributed by atoms with E-state index in [2.05, 4.69) is 49.7 Å². The number of rotatable bonds is 1. The molecule has 6 nitrogen and oxygen atoms in total. The van der Waals surface area contributed by atoms with E-state index in [-0.39, 0.29) is 63.5 Å². The van der Waals surface area contributed by atoms with Crippen LogP contribution in [-0.4, -0.2) is 41.0 Å². The second kappa shape index (κ2) is 10.5. The first-order valence-corrected chi connectivity index (χ1v) is 16.8. The molecule has 0 aromatic carbocycles. The molecule has 6 rings (SSSR count). The van der Waals surface area contributed by atoms with Crippen LogP contribution in [0.5, 0.6) is 0 Å². The van der Waals surface area contributed by atoms with Crippen LogP contribution in [0.1, 0.15) is 93.4 Å². The fourth-order valence-corrected chi connectivity index (χ4v) is 10.6. The van der Waals surface area contributed by atoms with Gasteiger partial charge < -0.3 is 4.90 Å². The molecule has 0 spiro atoms. The lowest BCUT2D eigenvalue weighted by molar-refractivity contribution is -0.167. The molecule has 8 atom stereocenters. The van der Waals surface area contributed by atoms with Crippen LogP contribution in [-0.2, 0) is 14.4 Å². The third kappa shape index (κ3) is 4.32. The standard InChI is InChI=1S/C33H42BrN3O3.C2H6/c1-19-21-7-9-31(4)22-8-10-33(29(40)37-17-26(34)36(6)18-37)12-11-30(2,3)15-23(33)27(22)24(38)13-25(31)32(21,5)14-20(16-35)28(19)39;1-2/h13-14,17,19,21-23,27H,7-12,15,18H2,1-6H3;1-2H3/t19-,21?,22?,23?,27?,31+,32+,33-;/m1./s1. The van der Waals surface area contributed by atoms with Gasteiger partial charge in [0.2, 0.25) is 5.91 Å². The molecule has 4 unspecified atom stereocenters. The summed E-state index contributed by atoms with van der Waals surface area (Å²) in [7, 11) is 1.98. The van der Waals surface area contributed by atoms with Gasteiger partial charge in [-0.25, -0.2) is 0 Å². The number of Topliss-reactive ketones (excluding diaryl/α,β-unsaturated/α-hetero) is 1. The van der Waals surface area contributed by atoms with Crippen molar-refractivity contribution in [2.75, 3.05) is 13.7 Å². The summed E-state index contributed by atoms with van der Waals surface area (Å²) < 4.78 is 0.905. The van der Waals surface area contributed by atoms with Crippen LogP contribution in [0.4, 0.5) is 0 Å². The van der Waals surface area contributed by atoms with E-state index < -0.39 is 10.8 Å². The molecule has 0 radical (unpaired) electrons. The van der Waals surface area contributed by atoms with Gasteiger partial charge in [0.15, 0.2) is 11.6 Å². The predicted molar refractivity (Wildman–Crippen MR) is 167 cm³/mol. The van der Waals surface area contributed by atoms with E-state index >= 15 is 0 Å². The number of halogens is 1. The first kappa shape index (κ1) is 31.2. The first-order chi connectivity index (χ1) is 19.7. The number of carbonyl (C=O) groups excluding carboxylic acids is 3. The van der Waals surface area contributed by atoms with E-state index in [4.69, 9.17) is 0 Å². The number of nitriles is 1. The summed E-state index contributed by atoms with van der Waals surface area (Å²) in [6.45, 7) is 15.6. The molecule has 5 aliphatic carbocycles. The van der Waals surface area contributed by atoms with Gasteiger partial charge in [-0.05, 0) is 95.5 Å². The highest BCUT2D eigenvalue weighted by Crippen LogP contribution is 2.69. The Morgan fingerprint density at radius 1 is 1.02 bits per heavy atom. The minimum absolute atomic E-state index is 0.00491. The van der Waals surface area contributed by atoms with Crippen LogP contribution in [0.3, 0.4) is 0 Å². The molecule has 0 N–H and O–H groups in total. The number of hydrogen-bond donors (Lipinski definition) is 0. The molecule has 0 aromatic heterocycles. The quantitative estimate of drug-likeness (QED) is 0.280. The monoisotopic (exact) mass is 637 g/mol. The van der Waals surface area contributed by atoms with E-state index in [1.165, 1.54) is 0 Å². The third-order valence-electron chi connectivity index (χ3n) is 12.4. The molecule has 7 heteroatoms. The van der Waals surface area contributed by atoms with Gasteiger partial charge >= 0.3 is 0 Å². The minimum Gasteiger partial charge on any atom is -0.350 e. The Morgan fingerprint density at radius 3 is 2.31 bits per heavy atom. The summed E-state index contributed by atoms with van der Waals surface area (Å²) in [5, 5.41) is 9.79. The molecule has 1 heterocycles. The fourth-order valence-electron chi connectivity index (χ4n) is 10.2. The molecule has 0 saturated heterocycles. The second-order valence-corrected chi connectivity index (χ2v) is 15.8. The first-order valence-electron chi connectivity index (χ1n) is 16.0. The maximum Gasteiger partial charge on any atom is 0.234 e. The molecule has 0 aromatic rings. The molecule has 0 bridgehead atoms. The number of hydrogen-bond acceptors (Lipinski definition) is 5. The molecule has 1 amide bonds. The van der Waals surface area contributed by atoms with Crippen molar-refractivity contribution in [1.29, 1.82) is 5.26 Å². The Labute approximate surface area is 260 Å². The van der Waals surface area contributed by atoms with Gasteiger partial charge in [0.1, 0.15) is 6.07 Å². The summed E-state index contributed by atoms with van der Waals surface area (Å²) in [6.07, 6.45) is 11.9. The number of amides is 1. The number of allylic oxidation sites excluding steroid dienone is 4. The Hall–Kier alpha value is -2.20. The topological polar surface area (TPSA) is 81.5 Å². The van der Waals surface area contributed by atoms with Crippen molar-refractivity contribution in [3.8, 4) is 6.07 Å². The molecular formula is C35H48BrN3O3. The van der Waals surface area contributed by atoms with Crippen molar-refractivity contribution in [3.63, 3.8) is 0 Å². The number of nitrogens with zero attached hydrogens (tertiary/aromatic N) is 3. The van der Waals surface area contributed by atoms with Crippen molar-refractivity contribution < 1.29 is 14.4 Å². The van der Waals surface area contributed by atoms with E-state index in [9.17, 15) is 19.6 Å². The fraction of sp³-hybridized carbons (Fsp3) is 0.714. The lowest BCUT2D eigenvalue weighted by Crippen LogP contribution is -2.62. The summed E-state index contributed by atoms with van der Waals surface area (Å²) >= 11 is 3.59. The molecule has 228 valence electrons. The molecule has 3 saturated carbocycles. The zero-order chi connectivity index (χ0) is 31.0. The third-order valence-corrected chi connectivity index (χ3v) is 13.2. The summed E-state index contributed by atoms with van der Waals surface area (Å²) in [6, 6.07) is 2.16. The summed E-state index contributed by atoms with van der Waals surface area (Å²) in [5.74, 6) is 0.121. The van der Waals surface area contributed by atoms with Crippen molar-refractivity contribution in [2.45, 2.75) is 93.4 Å². The minimum atomic E-state index is -0.524. The molecular weight excluding hydrogens is 590 g/mol. The van der Waals surface area contributed by atoms with Gasteiger partial charge in [0, 0.05) is 30.5 Å². The zero-order valence-electron chi connectivity index (χ0n) is 26.7. The number of fused-ring (bicyclic) bond motifs is 7. The van der Waals surface area contributed by atoms with Crippen LogP contribution in [0.15, 0.2) is 34.1 Å². The Morgan fingerprint density at radius 2 is 1.69 bits per heavy atom. The molecule has 6 aliphatic rings. The van der Waals surface area contributed by atoms with Crippen molar-refractivity contribution in [2.24, 2.45) is 51.2 Å². The van der Waals surface area contributed by atoms with Gasteiger partial charge in [-0.15, -0.1) is 0 Å². The Balaban J connectivity index is 0.00000173. The van der Waals surface area contributed by atoms with Crippen molar-refractivity contribution in [3.05, 3.63) is 34.1 Å². The van der Waals surface area contributed by atoms with E-state index in [0.29, 0.717) is 6.67 Å². The van der Waals surface area contributed by atoms with Gasteiger partial charge in [-0.2, -0.15) is 5.26 Å². The Bertz CT molecular complexity index is 1340. The highest BCUT2D eigenvalue weighted by molar-refractivity contribution is 9.11. The Kier molecular flexibility index (Phi) is 7.78. The molecule has 1 aliphatic heterocycles. The predicted octanol–water partition coefficient (Wildman–Crippen LogP) is 7.38. The van der Waals surface area contributed by atoms with Gasteiger partial charge in [-0.3, -0.25) is 19.3 Å². The lowest BCUT2D eigenvalue weighted by atomic mass is 9.39. The van der Waals surface area contributed by atoms with Gasteiger partial charge in [0.05, 0.1) is 22.3 Å². The summed E-state index contributed by atoms with van der Waals surface area (Å²) in [5.41, 5.74) is 0.227. The van der Waals surface area contributed by atoms with Crippen LogP contribution < -0.4 is 0 Å². The maximum absolute atomic E-state index is 14.4. The summed E-state index contributed by atoms with van der Waals surface area (Å²) in [4.78, 5) is 45.7. The second-order valence-electron chi connectivity index (χ2n) is 15.0. The van der Waals surface area contributed by atoms with Gasteiger partial charge in [0.25, 0.3) is 0 Å². The highest BCUT2D eigenvalue weighted by atomic mass is 79.9. The normalized spacial score (nSPS) is 41.9. The average Bonchev–Trinajstić information content (AvgIpc) is 3.29. The average molecular weight is 639 g/mol. The van der Waals surface area contributed by atoms with Crippen LogP contribution in [0.2, 0.25) is 0 Å². The molecule has 42 heavy (non-hydrogen) atoms. The van der Waals surface area contributed by atoms with Crippen molar-refractivity contribution >= 4 is 33.4 Å². The van der Waals surface area contributed by atoms with E-state index in [1.807, 2.05) is 56.0 Å². The van der Waals surface area contributed by atoms with Crippen LogP contribution >= 0.6 is 15.9 Å². The van der Waals surface area contributed by atoms with Crippen LogP contribution in [0, 0.1) is 62.6 Å². The number of carbonyl (C=O) groups is 3. The van der Waals surface area contributed by atoms with E-state index in [0.717, 1.165) is 55.1 Å². The van der Waals surface area contributed by atoms with E-state index in [1.54, 1.807) is 0 Å². The smallest absolute Gasteiger partial charge is 0.234 e. The van der Waals surface area contributed by atoms with Crippen molar-refractivity contribution in [1.82, 2.24) is 9.80 Å². The largest absolute Gasteiger partial charge is 0.350 e. The van der Waals surface area contributed by atoms with Crippen LogP contribution in [0.25, 0.3) is 0 Å². The highest BCUT2D eigenvalue weighted by Gasteiger charge is 2.66. The SMILES string of the molecule is CC.C[C@H]1C(=O)C(C#N)=C[C@]2(C)C3=CC(=O)C4C5CC(C)(C)CC[C@]5(C(=O)N5C=C(Br)N(C)C5)CCC4[C@]3(C)CCC12. The maximum atomic E-state index is 14.4. The number of ketones is 2.